The predicted octanol–water partition coefficient (Wildman–Crippen LogP) is 2.69. The molecule has 2 rings (SSSR count). The predicted molar refractivity (Wildman–Crippen MR) is 99.3 cm³/mol. The first-order chi connectivity index (χ1) is 12.4. The van der Waals surface area contributed by atoms with Gasteiger partial charge in [0.25, 0.3) is 0 Å². The quantitative estimate of drug-likeness (QED) is 0.712. The van der Waals surface area contributed by atoms with Gasteiger partial charge in [0.2, 0.25) is 11.8 Å². The molecule has 0 spiro atoms. The van der Waals surface area contributed by atoms with Crippen LogP contribution in [0.15, 0.2) is 42.5 Å². The van der Waals surface area contributed by atoms with Crippen LogP contribution in [-0.2, 0) is 16.0 Å². The summed E-state index contributed by atoms with van der Waals surface area (Å²) in [4.78, 5) is 35.1. The van der Waals surface area contributed by atoms with E-state index in [9.17, 15) is 19.5 Å². The van der Waals surface area contributed by atoms with E-state index in [-0.39, 0.29) is 36.8 Å². The zero-order valence-electron chi connectivity index (χ0n) is 14.8. The summed E-state index contributed by atoms with van der Waals surface area (Å²) in [5, 5.41) is 14.6. The van der Waals surface area contributed by atoms with E-state index in [4.69, 9.17) is 0 Å². The van der Waals surface area contributed by atoms with Crippen LogP contribution in [0, 0.1) is 13.8 Å². The molecule has 3 N–H and O–H groups in total. The Morgan fingerprint density at radius 2 is 1.65 bits per heavy atom. The number of benzene rings is 2. The molecule has 2 amide bonds. The maximum atomic E-state index is 12.1. The van der Waals surface area contributed by atoms with E-state index in [0.29, 0.717) is 11.3 Å². The maximum Gasteiger partial charge on any atom is 0.336 e. The minimum atomic E-state index is -1.04. The summed E-state index contributed by atoms with van der Waals surface area (Å²) in [6.45, 7) is 3.73. The van der Waals surface area contributed by atoms with Crippen molar-refractivity contribution in [2.75, 3.05) is 11.9 Å². The minimum Gasteiger partial charge on any atom is -0.478 e. The molecule has 6 nitrogen and oxygen atoms in total. The first-order valence-corrected chi connectivity index (χ1v) is 8.32. The number of carbonyl (C=O) groups excluding carboxylic acids is 2. The SMILES string of the molecule is Cc1cc(C)c(C(=O)O)cc1NC(=O)CCNC(=O)Cc1ccccc1. The molecule has 0 unspecified atom stereocenters. The summed E-state index contributed by atoms with van der Waals surface area (Å²) in [7, 11) is 0. The van der Waals surface area contributed by atoms with E-state index in [0.717, 1.165) is 11.1 Å². The Bertz CT molecular complexity index is 816. The van der Waals surface area contributed by atoms with Crippen LogP contribution in [0.5, 0.6) is 0 Å². The third kappa shape index (κ3) is 5.44. The number of rotatable bonds is 7. The average molecular weight is 354 g/mol. The van der Waals surface area contributed by atoms with Gasteiger partial charge in [0.05, 0.1) is 12.0 Å². The largest absolute Gasteiger partial charge is 0.478 e. The summed E-state index contributed by atoms with van der Waals surface area (Å²) in [6.07, 6.45) is 0.373. The number of aryl methyl sites for hydroxylation is 2. The molecule has 0 atom stereocenters. The third-order valence-electron chi connectivity index (χ3n) is 3.96. The molecular weight excluding hydrogens is 332 g/mol. The molecule has 0 aromatic heterocycles. The fourth-order valence-electron chi connectivity index (χ4n) is 2.59. The lowest BCUT2D eigenvalue weighted by Crippen LogP contribution is -2.29. The molecule has 6 heteroatoms. The van der Waals surface area contributed by atoms with Crippen LogP contribution in [0.4, 0.5) is 5.69 Å². The van der Waals surface area contributed by atoms with Gasteiger partial charge in [-0.05, 0) is 36.6 Å². The summed E-state index contributed by atoms with van der Waals surface area (Å²) in [5.41, 5.74) is 2.96. The van der Waals surface area contributed by atoms with E-state index in [1.807, 2.05) is 30.3 Å². The molecule has 26 heavy (non-hydrogen) atoms. The number of nitrogens with one attached hydrogen (secondary N) is 2. The fourth-order valence-corrected chi connectivity index (χ4v) is 2.59. The van der Waals surface area contributed by atoms with Crippen molar-refractivity contribution in [2.24, 2.45) is 0 Å². The lowest BCUT2D eigenvalue weighted by atomic mass is 10.0. The zero-order valence-corrected chi connectivity index (χ0v) is 14.8. The maximum absolute atomic E-state index is 12.1. The Hall–Kier alpha value is -3.15. The van der Waals surface area contributed by atoms with Crippen LogP contribution in [-0.4, -0.2) is 29.4 Å². The van der Waals surface area contributed by atoms with E-state index in [1.54, 1.807) is 19.9 Å². The molecule has 0 bridgehead atoms. The Morgan fingerprint density at radius 3 is 2.31 bits per heavy atom. The number of carboxylic acid groups (broad SMARTS) is 1. The number of hydrogen-bond acceptors (Lipinski definition) is 3. The van der Waals surface area contributed by atoms with Crippen molar-refractivity contribution in [3.05, 3.63) is 64.7 Å². The molecule has 0 saturated heterocycles. The number of anilines is 1. The monoisotopic (exact) mass is 354 g/mol. The van der Waals surface area contributed by atoms with Gasteiger partial charge in [0.1, 0.15) is 0 Å². The first kappa shape index (κ1) is 19.2. The van der Waals surface area contributed by atoms with Crippen LogP contribution >= 0.6 is 0 Å². The van der Waals surface area contributed by atoms with Gasteiger partial charge < -0.3 is 15.7 Å². The van der Waals surface area contributed by atoms with Crippen molar-refractivity contribution >= 4 is 23.5 Å². The molecule has 0 aliphatic heterocycles. The van der Waals surface area contributed by atoms with Gasteiger partial charge in [-0.15, -0.1) is 0 Å². The normalized spacial score (nSPS) is 10.2. The van der Waals surface area contributed by atoms with Crippen molar-refractivity contribution in [1.82, 2.24) is 5.32 Å². The van der Waals surface area contributed by atoms with Crippen LogP contribution in [0.25, 0.3) is 0 Å². The van der Waals surface area contributed by atoms with Crippen molar-refractivity contribution < 1.29 is 19.5 Å². The number of amides is 2. The van der Waals surface area contributed by atoms with Gasteiger partial charge in [-0.3, -0.25) is 9.59 Å². The molecule has 0 fully saturated rings. The molecule has 0 heterocycles. The second kappa shape index (κ2) is 8.80. The summed E-state index contributed by atoms with van der Waals surface area (Å²) < 4.78 is 0. The Balaban J connectivity index is 1.84. The topological polar surface area (TPSA) is 95.5 Å². The molecular formula is C20H22N2O4. The zero-order chi connectivity index (χ0) is 19.1. The summed E-state index contributed by atoms with van der Waals surface area (Å²) in [5.74, 6) is -1.47. The Morgan fingerprint density at radius 1 is 0.962 bits per heavy atom. The van der Waals surface area contributed by atoms with Crippen LogP contribution < -0.4 is 10.6 Å². The van der Waals surface area contributed by atoms with Gasteiger partial charge in [-0.25, -0.2) is 4.79 Å². The average Bonchev–Trinajstić information content (AvgIpc) is 2.58. The highest BCUT2D eigenvalue weighted by molar-refractivity contribution is 5.95. The van der Waals surface area contributed by atoms with Crippen molar-refractivity contribution in [3.8, 4) is 0 Å². The van der Waals surface area contributed by atoms with Crippen LogP contribution in [0.3, 0.4) is 0 Å². The fraction of sp³-hybridized carbons (Fsp3) is 0.250. The lowest BCUT2D eigenvalue weighted by Gasteiger charge is -2.12. The van der Waals surface area contributed by atoms with E-state index in [1.165, 1.54) is 6.07 Å². The van der Waals surface area contributed by atoms with Gasteiger partial charge in [0.15, 0.2) is 0 Å². The third-order valence-corrected chi connectivity index (χ3v) is 3.96. The highest BCUT2D eigenvalue weighted by Gasteiger charge is 2.12. The van der Waals surface area contributed by atoms with Gasteiger partial charge in [-0.1, -0.05) is 36.4 Å². The number of hydrogen-bond donors (Lipinski definition) is 3. The van der Waals surface area contributed by atoms with Crippen LogP contribution in [0.2, 0.25) is 0 Å². The second-order valence-electron chi connectivity index (χ2n) is 6.10. The molecule has 0 aliphatic rings. The Labute approximate surface area is 152 Å². The first-order valence-electron chi connectivity index (χ1n) is 8.32. The smallest absolute Gasteiger partial charge is 0.336 e. The van der Waals surface area contributed by atoms with Gasteiger partial charge in [0, 0.05) is 18.7 Å². The highest BCUT2D eigenvalue weighted by Crippen LogP contribution is 2.21. The Kier molecular flexibility index (Phi) is 6.49. The number of aromatic carboxylic acids is 1. The van der Waals surface area contributed by atoms with Gasteiger partial charge in [-0.2, -0.15) is 0 Å². The standard InChI is InChI=1S/C20H22N2O4/c1-13-10-14(2)17(12-16(13)20(25)26)22-18(23)8-9-21-19(24)11-15-6-4-3-5-7-15/h3-7,10,12H,8-9,11H2,1-2H3,(H,21,24)(H,22,23)(H,25,26). The lowest BCUT2D eigenvalue weighted by molar-refractivity contribution is -0.120. The minimum absolute atomic E-state index is 0.107. The van der Waals surface area contributed by atoms with E-state index < -0.39 is 5.97 Å². The summed E-state index contributed by atoms with van der Waals surface area (Å²) in [6, 6.07) is 12.5. The number of carbonyl (C=O) groups is 3. The molecule has 136 valence electrons. The molecule has 2 aromatic carbocycles. The molecule has 0 aliphatic carbocycles. The molecule has 0 saturated carbocycles. The van der Waals surface area contributed by atoms with E-state index >= 15 is 0 Å². The molecule has 2 aromatic rings. The van der Waals surface area contributed by atoms with Crippen molar-refractivity contribution in [3.63, 3.8) is 0 Å². The molecule has 0 radical (unpaired) electrons. The van der Waals surface area contributed by atoms with Crippen molar-refractivity contribution in [1.29, 1.82) is 0 Å². The van der Waals surface area contributed by atoms with Crippen LogP contribution in [0.1, 0.15) is 33.5 Å². The second-order valence-corrected chi connectivity index (χ2v) is 6.10. The van der Waals surface area contributed by atoms with Gasteiger partial charge >= 0.3 is 5.97 Å². The summed E-state index contributed by atoms with van der Waals surface area (Å²) >= 11 is 0. The highest BCUT2D eigenvalue weighted by atomic mass is 16.4. The van der Waals surface area contributed by atoms with Crippen molar-refractivity contribution in [2.45, 2.75) is 26.7 Å². The van der Waals surface area contributed by atoms with E-state index in [2.05, 4.69) is 10.6 Å². The number of carboxylic acids is 1.